The molecule has 1 aromatic carbocycles. The molecule has 0 aliphatic carbocycles. The van der Waals surface area contributed by atoms with E-state index >= 15 is 0 Å². The smallest absolute Gasteiger partial charge is 0.243 e. The third-order valence-corrected chi connectivity index (χ3v) is 6.80. The molecule has 0 saturated carbocycles. The molecular weight excluding hydrogens is 352 g/mol. The Kier molecular flexibility index (Phi) is 7.46. The van der Waals surface area contributed by atoms with Crippen LogP contribution in [0.15, 0.2) is 23.1 Å². The number of aryl methyl sites for hydroxylation is 1. The van der Waals surface area contributed by atoms with Gasteiger partial charge in [0.15, 0.2) is 0 Å². The van der Waals surface area contributed by atoms with Crippen LogP contribution in [0.25, 0.3) is 0 Å². The lowest BCUT2D eigenvalue weighted by Crippen LogP contribution is -2.43. The first kappa shape index (κ1) is 20.7. The lowest BCUT2D eigenvalue weighted by Gasteiger charge is -2.30. The number of rotatable bonds is 8. The van der Waals surface area contributed by atoms with Gasteiger partial charge in [-0.3, -0.25) is 4.79 Å². The van der Waals surface area contributed by atoms with Crippen molar-refractivity contribution < 1.29 is 17.9 Å². The third kappa shape index (κ3) is 4.98. The molecule has 1 aromatic rings. The number of benzene rings is 1. The average molecular weight is 383 g/mol. The molecule has 26 heavy (non-hydrogen) atoms. The largest absolute Gasteiger partial charge is 0.496 e. The number of sulfonamides is 1. The molecule has 1 aliphatic heterocycles. The Morgan fingerprint density at radius 3 is 2.54 bits per heavy atom. The predicted molar refractivity (Wildman–Crippen MR) is 102 cm³/mol. The van der Waals surface area contributed by atoms with E-state index in [9.17, 15) is 13.2 Å². The highest BCUT2D eigenvalue weighted by Crippen LogP contribution is 2.27. The van der Waals surface area contributed by atoms with Crippen molar-refractivity contribution in [2.45, 2.75) is 50.8 Å². The van der Waals surface area contributed by atoms with Crippen LogP contribution in [0.4, 0.5) is 0 Å². The van der Waals surface area contributed by atoms with E-state index < -0.39 is 10.0 Å². The van der Waals surface area contributed by atoms with Crippen molar-refractivity contribution in [2.24, 2.45) is 5.92 Å². The van der Waals surface area contributed by atoms with Crippen LogP contribution in [0.5, 0.6) is 5.75 Å². The molecule has 1 heterocycles. The molecule has 1 amide bonds. The van der Waals surface area contributed by atoms with Crippen molar-refractivity contribution in [3.05, 3.63) is 23.8 Å². The van der Waals surface area contributed by atoms with E-state index in [-0.39, 0.29) is 16.7 Å². The maximum atomic E-state index is 12.8. The Labute approximate surface area is 157 Å². The van der Waals surface area contributed by atoms with Gasteiger partial charge in [-0.15, -0.1) is 0 Å². The van der Waals surface area contributed by atoms with Gasteiger partial charge in [0.2, 0.25) is 15.9 Å². The minimum absolute atomic E-state index is 0.0541. The minimum atomic E-state index is -3.54. The molecule has 0 unspecified atom stereocenters. The van der Waals surface area contributed by atoms with Gasteiger partial charge in [0.1, 0.15) is 5.75 Å². The number of hydrogen-bond acceptors (Lipinski definition) is 4. The van der Waals surface area contributed by atoms with Gasteiger partial charge < -0.3 is 10.1 Å². The molecule has 7 heteroatoms. The van der Waals surface area contributed by atoms with Gasteiger partial charge in [0.05, 0.1) is 12.0 Å². The quantitative estimate of drug-likeness (QED) is 0.702. The van der Waals surface area contributed by atoms with E-state index in [0.717, 1.165) is 24.8 Å². The maximum Gasteiger partial charge on any atom is 0.243 e. The molecule has 1 fully saturated rings. The number of nitrogens with zero attached hydrogens (tertiary/aromatic N) is 1. The summed E-state index contributed by atoms with van der Waals surface area (Å²) in [5.41, 5.74) is 0.787. The summed E-state index contributed by atoms with van der Waals surface area (Å²) in [5.74, 6) is 0.626. The van der Waals surface area contributed by atoms with Crippen LogP contribution in [0.1, 0.15) is 44.6 Å². The van der Waals surface area contributed by atoms with Crippen molar-refractivity contribution in [1.82, 2.24) is 9.62 Å². The average Bonchev–Trinajstić information content (AvgIpc) is 2.65. The molecule has 1 saturated heterocycles. The first-order valence-electron chi connectivity index (χ1n) is 9.32. The van der Waals surface area contributed by atoms with E-state index in [4.69, 9.17) is 4.74 Å². The van der Waals surface area contributed by atoms with Crippen LogP contribution in [0.2, 0.25) is 0 Å². The summed E-state index contributed by atoms with van der Waals surface area (Å²) >= 11 is 0. The summed E-state index contributed by atoms with van der Waals surface area (Å²) in [5, 5.41) is 2.97. The number of ether oxygens (including phenoxy) is 1. The summed E-state index contributed by atoms with van der Waals surface area (Å²) in [4.78, 5) is 12.5. The fourth-order valence-electron chi connectivity index (χ4n) is 3.25. The van der Waals surface area contributed by atoms with Crippen LogP contribution < -0.4 is 10.1 Å². The van der Waals surface area contributed by atoms with Gasteiger partial charge in [-0.05, 0) is 49.9 Å². The fourth-order valence-corrected chi connectivity index (χ4v) is 4.81. The summed E-state index contributed by atoms with van der Waals surface area (Å²) < 4.78 is 32.4. The molecule has 6 nitrogen and oxygen atoms in total. The molecule has 0 radical (unpaired) electrons. The summed E-state index contributed by atoms with van der Waals surface area (Å²) in [6.45, 7) is 5.41. The predicted octanol–water partition coefficient (Wildman–Crippen LogP) is 2.71. The zero-order valence-electron chi connectivity index (χ0n) is 16.0. The van der Waals surface area contributed by atoms with Crippen LogP contribution in [-0.4, -0.2) is 45.4 Å². The Bertz CT molecular complexity index is 710. The minimum Gasteiger partial charge on any atom is -0.496 e. The molecule has 1 aliphatic rings. The highest BCUT2D eigenvalue weighted by molar-refractivity contribution is 7.89. The summed E-state index contributed by atoms with van der Waals surface area (Å²) in [7, 11) is -1.97. The Morgan fingerprint density at radius 2 is 1.96 bits per heavy atom. The topological polar surface area (TPSA) is 75.7 Å². The second-order valence-corrected chi connectivity index (χ2v) is 8.75. The molecule has 0 spiro atoms. The van der Waals surface area contributed by atoms with Crippen LogP contribution >= 0.6 is 0 Å². The summed E-state index contributed by atoms with van der Waals surface area (Å²) in [6.07, 6.45) is 4.35. The van der Waals surface area contributed by atoms with Crippen LogP contribution in [-0.2, 0) is 14.8 Å². The van der Waals surface area contributed by atoms with Crippen molar-refractivity contribution in [1.29, 1.82) is 0 Å². The first-order chi connectivity index (χ1) is 12.4. The van der Waals surface area contributed by atoms with Gasteiger partial charge in [-0.25, -0.2) is 8.42 Å². The number of unbranched alkanes of at least 4 members (excludes halogenated alkanes) is 2. The fraction of sp³-hybridized carbons (Fsp3) is 0.632. The molecular formula is C19H30N2O4S. The Morgan fingerprint density at radius 1 is 1.27 bits per heavy atom. The highest BCUT2D eigenvalue weighted by Gasteiger charge is 2.32. The van der Waals surface area contributed by atoms with E-state index in [1.165, 1.54) is 4.31 Å². The molecule has 2 rings (SSSR count). The van der Waals surface area contributed by atoms with Gasteiger partial charge >= 0.3 is 0 Å². The van der Waals surface area contributed by atoms with Crippen molar-refractivity contribution in [2.75, 3.05) is 26.7 Å². The van der Waals surface area contributed by atoms with Crippen molar-refractivity contribution in [3.63, 3.8) is 0 Å². The van der Waals surface area contributed by atoms with Gasteiger partial charge in [0, 0.05) is 25.6 Å². The second-order valence-electron chi connectivity index (χ2n) is 6.81. The number of piperidine rings is 1. The number of nitrogens with one attached hydrogen (secondary N) is 1. The lowest BCUT2D eigenvalue weighted by molar-refractivity contribution is -0.126. The molecule has 0 atom stereocenters. The molecule has 146 valence electrons. The van der Waals surface area contributed by atoms with Crippen molar-refractivity contribution >= 4 is 15.9 Å². The standard InChI is InChI=1S/C19H30N2O4S/c1-4-5-6-11-20-19(22)16-9-12-21(13-10-16)26(23,24)17-7-8-18(25-3)15(2)14-17/h7-8,14,16H,4-6,9-13H2,1-3H3,(H,20,22). The second kappa shape index (κ2) is 9.37. The molecule has 1 N–H and O–H groups in total. The van der Waals surface area contributed by atoms with E-state index in [1.54, 1.807) is 25.3 Å². The van der Waals surface area contributed by atoms with E-state index in [1.807, 2.05) is 6.92 Å². The number of hydrogen-bond donors (Lipinski definition) is 1. The molecule has 0 aromatic heterocycles. The van der Waals surface area contributed by atoms with Crippen LogP contribution in [0.3, 0.4) is 0 Å². The number of carbonyl (C=O) groups excluding carboxylic acids is 1. The molecule has 0 bridgehead atoms. The number of amides is 1. The van der Waals surface area contributed by atoms with E-state index in [0.29, 0.717) is 38.2 Å². The Balaban J connectivity index is 1.94. The third-order valence-electron chi connectivity index (χ3n) is 4.91. The van der Waals surface area contributed by atoms with Crippen molar-refractivity contribution in [3.8, 4) is 5.75 Å². The van der Waals surface area contributed by atoms with Gasteiger partial charge in [-0.1, -0.05) is 19.8 Å². The van der Waals surface area contributed by atoms with Gasteiger partial charge in [0.25, 0.3) is 0 Å². The summed E-state index contributed by atoms with van der Waals surface area (Å²) in [6, 6.07) is 4.90. The van der Waals surface area contributed by atoms with E-state index in [2.05, 4.69) is 12.2 Å². The SMILES string of the molecule is CCCCCNC(=O)C1CCN(S(=O)(=O)c2ccc(OC)c(C)c2)CC1. The lowest BCUT2D eigenvalue weighted by atomic mass is 9.97. The highest BCUT2D eigenvalue weighted by atomic mass is 32.2. The zero-order valence-corrected chi connectivity index (χ0v) is 16.8. The van der Waals surface area contributed by atoms with Gasteiger partial charge in [-0.2, -0.15) is 4.31 Å². The zero-order chi connectivity index (χ0) is 19.2. The number of methoxy groups -OCH3 is 1. The monoisotopic (exact) mass is 382 g/mol. The Hall–Kier alpha value is -1.60. The van der Waals surface area contributed by atoms with Crippen LogP contribution in [0, 0.1) is 12.8 Å². The number of carbonyl (C=O) groups is 1. The first-order valence-corrected chi connectivity index (χ1v) is 10.8. The maximum absolute atomic E-state index is 12.8. The normalized spacial score (nSPS) is 16.4.